The highest BCUT2D eigenvalue weighted by Gasteiger charge is 2.50. The van der Waals surface area contributed by atoms with Crippen LogP contribution in [0.25, 0.3) is 16.0 Å². The molecule has 26 heteroatoms. The number of sulfone groups is 1. The molecule has 4 N–H and O–H groups in total. The van der Waals surface area contributed by atoms with E-state index < -0.39 is 70.4 Å². The number of hydrogen-bond donors (Lipinski definition) is 4. The molecule has 5 aromatic carbocycles. The number of piperazine rings is 2. The number of aromatic nitrogens is 1. The summed E-state index contributed by atoms with van der Waals surface area (Å²) in [4.78, 5) is 70.2. The van der Waals surface area contributed by atoms with Crippen molar-refractivity contribution < 1.29 is 54.3 Å². The number of allylic oxidation sites excluding steroid dienone is 1. The summed E-state index contributed by atoms with van der Waals surface area (Å²) in [5.41, 5.74) is 2.99. The summed E-state index contributed by atoms with van der Waals surface area (Å²) in [6.07, 6.45) is 11.1. The fraction of sp³-hybridized carbons (Fsp3) is 0.500. The van der Waals surface area contributed by atoms with Crippen molar-refractivity contribution in [3.63, 3.8) is 0 Å². The first-order valence-corrected chi connectivity index (χ1v) is 41.6. The molecule has 4 amide bonds. The monoisotopic (exact) mass is 1520 g/mol. The van der Waals surface area contributed by atoms with Crippen molar-refractivity contribution in [3.05, 3.63) is 160 Å². The van der Waals surface area contributed by atoms with E-state index in [9.17, 15) is 54.3 Å². The van der Waals surface area contributed by atoms with Crippen LogP contribution >= 0.6 is 34.7 Å². The van der Waals surface area contributed by atoms with E-state index in [0.29, 0.717) is 62.2 Å². The van der Waals surface area contributed by atoms with Gasteiger partial charge in [-0.1, -0.05) is 125 Å². The second kappa shape index (κ2) is 34.4. The van der Waals surface area contributed by atoms with Gasteiger partial charge in [-0.2, -0.15) is 13.2 Å². The minimum absolute atomic E-state index is 0.0211. The predicted octanol–water partition coefficient (Wildman–Crippen LogP) is 14.2. The number of thiazole rings is 1. The van der Waals surface area contributed by atoms with Gasteiger partial charge in [0.1, 0.15) is 10.9 Å². The fourth-order valence-electron chi connectivity index (χ4n) is 15.4. The van der Waals surface area contributed by atoms with Crippen molar-refractivity contribution in [3.8, 4) is 10.4 Å². The molecule has 0 radical (unpaired) electrons. The van der Waals surface area contributed by atoms with Gasteiger partial charge in [0, 0.05) is 123 Å². The van der Waals surface area contributed by atoms with E-state index in [1.54, 1.807) is 28.4 Å². The summed E-state index contributed by atoms with van der Waals surface area (Å²) in [5.74, 6) is -1.47. The third kappa shape index (κ3) is 19.5. The Balaban J connectivity index is 0.646. The number of β-amino-alcohol motifs (C(OH)–C–C–N with tert-alkyl or cyclic N) is 1. The van der Waals surface area contributed by atoms with E-state index in [0.717, 1.165) is 135 Å². The Hall–Kier alpha value is -6.84. The second-order valence-electron chi connectivity index (χ2n) is 29.6. The zero-order valence-electron chi connectivity index (χ0n) is 59.9. The zero-order valence-corrected chi connectivity index (χ0v) is 63.9. The predicted molar refractivity (Wildman–Crippen MR) is 406 cm³/mol. The van der Waals surface area contributed by atoms with Gasteiger partial charge in [0.15, 0.2) is 0 Å². The fourth-order valence-corrected chi connectivity index (χ4v) is 19.3. The number of likely N-dealkylation sites (tertiary alicyclic amines) is 3. The molecular formula is C78H97ClF3N9O9S4. The number of thioether (sulfide) groups is 1. The summed E-state index contributed by atoms with van der Waals surface area (Å²) in [5, 5.41) is 17.7. The lowest BCUT2D eigenvalue weighted by atomic mass is 9.76. The number of amides is 4. The SMILES string of the molecule is Cc1ncsc1-c1ccc([C@H](C)NC(=O)[C@@H]2C[C@@H](O)CN2C(=O)[C@@H](CCCCCCCC(=O)N2C[C@@H]3C[C@H]2CN3CC[C@H](CSc2ccccc2)Nc2ccc(S(=O)(=O)NC(=O)c3ccc(N4CCN(CC5=C(c6ccc(Cl)cc6)CCCCC5)CC4)cc3)cc2S(=O)(=O)C(F)(F)F)C(C)(C)C)cc1. The highest BCUT2D eigenvalue weighted by atomic mass is 35.5. The Bertz CT molecular complexity index is 4230. The van der Waals surface area contributed by atoms with Crippen LogP contribution < -0.4 is 20.3 Å². The number of unbranched alkanes of at least 4 members (excludes halogenated alkanes) is 4. The maximum absolute atomic E-state index is 14.6. The van der Waals surface area contributed by atoms with Crippen molar-refractivity contribution in [2.75, 3.05) is 74.9 Å². The molecule has 0 spiro atoms. The Morgan fingerprint density at radius 1 is 0.760 bits per heavy atom. The molecule has 560 valence electrons. The lowest BCUT2D eigenvalue weighted by Crippen LogP contribution is -2.50. The minimum atomic E-state index is -6.16. The normalized spacial score (nSPS) is 20.2. The van der Waals surface area contributed by atoms with E-state index >= 15 is 0 Å². The molecule has 18 nitrogen and oxygen atoms in total. The number of halogens is 4. The van der Waals surface area contributed by atoms with Crippen LogP contribution in [0.2, 0.25) is 5.02 Å². The molecule has 11 rings (SSSR count). The van der Waals surface area contributed by atoms with Gasteiger partial charge in [0.2, 0.25) is 17.7 Å². The molecule has 5 heterocycles. The van der Waals surface area contributed by atoms with Crippen LogP contribution in [0.1, 0.15) is 157 Å². The highest BCUT2D eigenvalue weighted by Crippen LogP contribution is 2.40. The second-order valence-corrected chi connectivity index (χ2v) is 35.6. The summed E-state index contributed by atoms with van der Waals surface area (Å²) < 4.78 is 101. The average molecular weight is 1530 g/mol. The van der Waals surface area contributed by atoms with Crippen LogP contribution in [0.3, 0.4) is 0 Å². The molecule has 6 aromatic rings. The number of hydrogen-bond acceptors (Lipinski definition) is 16. The number of aliphatic hydroxyl groups excluding tert-OH is 1. The molecule has 0 saturated carbocycles. The van der Waals surface area contributed by atoms with Gasteiger partial charge < -0.3 is 30.4 Å². The number of carbonyl (C=O) groups is 4. The molecule has 1 aromatic heterocycles. The molecule has 4 aliphatic heterocycles. The summed E-state index contributed by atoms with van der Waals surface area (Å²) in [7, 11) is -11.1. The van der Waals surface area contributed by atoms with E-state index in [4.69, 9.17) is 11.6 Å². The summed E-state index contributed by atoms with van der Waals surface area (Å²) in [6, 6.07) is 32.5. The van der Waals surface area contributed by atoms with E-state index in [-0.39, 0.29) is 60.3 Å². The number of alkyl halides is 3. The van der Waals surface area contributed by atoms with Gasteiger partial charge in [0.25, 0.3) is 25.8 Å². The van der Waals surface area contributed by atoms with E-state index in [1.807, 2.05) is 116 Å². The van der Waals surface area contributed by atoms with Crippen LogP contribution in [0.15, 0.2) is 147 Å². The smallest absolute Gasteiger partial charge is 0.391 e. The third-order valence-corrected chi connectivity index (χ3v) is 26.5. The maximum Gasteiger partial charge on any atom is 0.501 e. The van der Waals surface area contributed by atoms with Gasteiger partial charge in [-0.25, -0.2) is 26.5 Å². The molecule has 5 aliphatic rings. The van der Waals surface area contributed by atoms with E-state index in [2.05, 4.69) is 42.5 Å². The molecule has 2 bridgehead atoms. The summed E-state index contributed by atoms with van der Waals surface area (Å²) >= 11 is 9.22. The third-order valence-electron chi connectivity index (χ3n) is 21.3. The standard InChI is InChI=1S/C78H97ClF3N9O9S4/c1-52(54-23-25-56(26-24-54)73-53(2)83-51-102-73)84-75(95)70-44-64(92)49-91(70)76(96)68(77(3,4)5)21-15-7-6-8-16-22-72(93)90-48-62-43-63(90)47-89(62)38-37-60(50-101-65-18-12-10-13-19-65)85-69-36-35-66(45-71(69)103(97,98)78(80,81)82)104(99,100)86-74(94)57-29-33-61(34-30-57)88-41-39-87(40-42-88)46-58-17-11-9-14-20-67(58)55-27-31-59(79)32-28-55/h10,12-13,18-19,23-36,45,51-52,60,62-64,68,70,85,92H,6-9,11,14-17,20-22,37-44,46-50H2,1-5H3,(H,84,95)(H,86,94)/t52-,60+,62-,63-,64+,68+,70-/m0/s1. The Kier molecular flexibility index (Phi) is 25.9. The van der Waals surface area contributed by atoms with Crippen molar-refractivity contribution >= 4 is 95.1 Å². The van der Waals surface area contributed by atoms with Crippen molar-refractivity contribution in [1.29, 1.82) is 0 Å². The zero-order chi connectivity index (χ0) is 74.1. The molecule has 7 atom stereocenters. The topological polar surface area (TPSA) is 222 Å². The van der Waals surface area contributed by atoms with Crippen molar-refractivity contribution in [2.24, 2.45) is 11.3 Å². The lowest BCUT2D eigenvalue weighted by Gasteiger charge is -2.37. The van der Waals surface area contributed by atoms with Crippen LogP contribution in [0, 0.1) is 18.3 Å². The van der Waals surface area contributed by atoms with Crippen LogP contribution in [-0.2, 0) is 34.2 Å². The summed E-state index contributed by atoms with van der Waals surface area (Å²) in [6.45, 7) is 15.6. The number of benzene rings is 5. The van der Waals surface area contributed by atoms with Crippen LogP contribution in [-0.4, -0.2) is 171 Å². The first-order chi connectivity index (χ1) is 49.6. The number of nitrogens with one attached hydrogen (secondary N) is 3. The van der Waals surface area contributed by atoms with Gasteiger partial charge in [-0.15, -0.1) is 23.1 Å². The molecule has 4 fully saturated rings. The number of fused-ring (bicyclic) bond motifs is 2. The Morgan fingerprint density at radius 3 is 2.12 bits per heavy atom. The van der Waals surface area contributed by atoms with Crippen LogP contribution in [0.5, 0.6) is 0 Å². The van der Waals surface area contributed by atoms with Crippen molar-refractivity contribution in [1.82, 2.24) is 34.6 Å². The maximum atomic E-state index is 14.6. The number of sulfonamides is 1. The molecule has 104 heavy (non-hydrogen) atoms. The number of aryl methyl sites for hydroxylation is 1. The number of anilines is 2. The largest absolute Gasteiger partial charge is 0.501 e. The lowest BCUT2D eigenvalue weighted by molar-refractivity contribution is -0.145. The molecule has 0 unspecified atom stereocenters. The first kappa shape index (κ1) is 78.2. The van der Waals surface area contributed by atoms with Crippen molar-refractivity contribution in [2.45, 2.75) is 187 Å². The number of rotatable bonds is 29. The highest BCUT2D eigenvalue weighted by molar-refractivity contribution is 7.99. The number of carbonyl (C=O) groups excluding carboxylic acids is 4. The molecule has 1 aliphatic carbocycles. The Morgan fingerprint density at radius 2 is 1.45 bits per heavy atom. The molecular weight excluding hydrogens is 1430 g/mol. The van der Waals surface area contributed by atoms with Gasteiger partial charge >= 0.3 is 5.51 Å². The Labute approximate surface area is 623 Å². The van der Waals surface area contributed by atoms with Gasteiger partial charge in [0.05, 0.1) is 38.8 Å². The molecule has 4 saturated heterocycles. The van der Waals surface area contributed by atoms with E-state index in [1.165, 1.54) is 47.0 Å². The number of nitrogens with zero attached hydrogens (tertiary/aromatic N) is 6. The number of aliphatic hydroxyl groups is 1. The van der Waals surface area contributed by atoms with Crippen LogP contribution in [0.4, 0.5) is 24.5 Å². The van der Waals surface area contributed by atoms with Gasteiger partial charge in [-0.05, 0) is 160 Å². The quantitative estimate of drug-likeness (QED) is 0.0253. The minimum Gasteiger partial charge on any atom is -0.391 e. The first-order valence-electron chi connectivity index (χ1n) is 36.4. The van der Waals surface area contributed by atoms with Gasteiger partial charge in [-0.3, -0.25) is 29.0 Å². The average Bonchev–Trinajstić information content (AvgIpc) is 1.28.